The molecule has 1 saturated heterocycles. The molecule has 0 aliphatic carbocycles. The van der Waals surface area contributed by atoms with Gasteiger partial charge in [0.25, 0.3) is 5.91 Å². The van der Waals surface area contributed by atoms with Gasteiger partial charge in [0.1, 0.15) is 5.54 Å². The van der Waals surface area contributed by atoms with Crippen molar-refractivity contribution in [3.05, 3.63) is 70.2 Å². The van der Waals surface area contributed by atoms with Crippen molar-refractivity contribution in [3.8, 4) is 0 Å². The highest BCUT2D eigenvalue weighted by molar-refractivity contribution is 6.30. The van der Waals surface area contributed by atoms with E-state index in [1.54, 1.807) is 43.3 Å². The maximum absolute atomic E-state index is 12.9. The van der Waals surface area contributed by atoms with Crippen molar-refractivity contribution in [2.75, 3.05) is 6.54 Å². The predicted molar refractivity (Wildman–Crippen MR) is 104 cm³/mol. The summed E-state index contributed by atoms with van der Waals surface area (Å²) in [6, 6.07) is 13.4. The van der Waals surface area contributed by atoms with Crippen molar-refractivity contribution in [1.29, 1.82) is 0 Å². The molecule has 1 fully saturated rings. The first-order chi connectivity index (χ1) is 12.8. The van der Waals surface area contributed by atoms with E-state index in [0.717, 1.165) is 23.3 Å². The lowest BCUT2D eigenvalue weighted by Gasteiger charge is -2.22. The second-order valence-corrected chi connectivity index (χ2v) is 7.26. The summed E-state index contributed by atoms with van der Waals surface area (Å²) in [5, 5.41) is 3.23. The Balaban J connectivity index is 1.77. The van der Waals surface area contributed by atoms with Crippen LogP contribution in [0.4, 0.5) is 4.79 Å². The molecule has 0 aromatic heterocycles. The smallest absolute Gasteiger partial charge is 0.319 e. The average Bonchev–Trinajstić information content (AvgIpc) is 2.87. The minimum atomic E-state index is -1.22. The number of urea groups is 1. The number of nitrogens with one attached hydrogen (secondary N) is 1. The van der Waals surface area contributed by atoms with Crippen LogP contribution in [-0.2, 0) is 16.8 Å². The molecule has 1 atom stereocenters. The summed E-state index contributed by atoms with van der Waals surface area (Å²) < 4.78 is 0. The lowest BCUT2D eigenvalue weighted by Crippen LogP contribution is -2.41. The van der Waals surface area contributed by atoms with Crippen LogP contribution in [-0.4, -0.2) is 29.2 Å². The lowest BCUT2D eigenvalue weighted by molar-refractivity contribution is -0.130. The van der Waals surface area contributed by atoms with Gasteiger partial charge in [-0.15, -0.1) is 0 Å². The van der Waals surface area contributed by atoms with Crippen LogP contribution in [0.1, 0.15) is 41.8 Å². The molecule has 1 heterocycles. The van der Waals surface area contributed by atoms with E-state index in [-0.39, 0.29) is 12.3 Å². The fourth-order valence-corrected chi connectivity index (χ4v) is 3.33. The third-order valence-electron chi connectivity index (χ3n) is 4.81. The van der Waals surface area contributed by atoms with Gasteiger partial charge < -0.3 is 5.32 Å². The molecule has 140 valence electrons. The fourth-order valence-electron chi connectivity index (χ4n) is 3.20. The van der Waals surface area contributed by atoms with E-state index in [4.69, 9.17) is 11.6 Å². The minimum absolute atomic E-state index is 0.276. The van der Waals surface area contributed by atoms with Crippen LogP contribution in [0, 0.1) is 0 Å². The average molecular weight is 385 g/mol. The van der Waals surface area contributed by atoms with Crippen LogP contribution in [0.15, 0.2) is 48.5 Å². The number of carbonyl (C=O) groups excluding carboxylic acids is 3. The Labute approximate surface area is 163 Å². The second-order valence-electron chi connectivity index (χ2n) is 6.82. The van der Waals surface area contributed by atoms with E-state index in [1.807, 2.05) is 12.1 Å². The third-order valence-corrected chi connectivity index (χ3v) is 5.06. The van der Waals surface area contributed by atoms with E-state index in [0.29, 0.717) is 16.1 Å². The molecule has 3 amide bonds. The Morgan fingerprint density at radius 1 is 1.07 bits per heavy atom. The summed E-state index contributed by atoms with van der Waals surface area (Å²) in [5.41, 5.74) is 1.03. The van der Waals surface area contributed by atoms with Crippen LogP contribution < -0.4 is 5.32 Å². The van der Waals surface area contributed by atoms with Gasteiger partial charge in [-0.05, 0) is 36.6 Å². The number of halogens is 1. The van der Waals surface area contributed by atoms with Crippen molar-refractivity contribution >= 4 is 29.3 Å². The molecule has 27 heavy (non-hydrogen) atoms. The van der Waals surface area contributed by atoms with E-state index in [2.05, 4.69) is 12.2 Å². The van der Waals surface area contributed by atoms with E-state index >= 15 is 0 Å². The number of amides is 3. The van der Waals surface area contributed by atoms with E-state index in [1.165, 1.54) is 0 Å². The Hall–Kier alpha value is -2.66. The van der Waals surface area contributed by atoms with Gasteiger partial charge in [0, 0.05) is 10.6 Å². The predicted octanol–water partition coefficient (Wildman–Crippen LogP) is 3.94. The number of imide groups is 1. The number of ketones is 1. The standard InChI is InChI=1S/C21H21ClN2O3/c1-3-4-14-5-7-15(8-6-14)18(25)13-24-19(26)21(2,23-20(24)27)16-9-11-17(22)12-10-16/h5-12H,3-4,13H2,1-2H3,(H,23,27). The number of aryl methyl sites for hydroxylation is 1. The molecule has 6 heteroatoms. The molecule has 0 radical (unpaired) electrons. The molecule has 1 N–H and O–H groups in total. The van der Waals surface area contributed by atoms with Gasteiger partial charge >= 0.3 is 6.03 Å². The number of benzene rings is 2. The minimum Gasteiger partial charge on any atom is -0.319 e. The van der Waals surface area contributed by atoms with Crippen molar-refractivity contribution in [2.24, 2.45) is 0 Å². The monoisotopic (exact) mass is 384 g/mol. The number of nitrogens with zero attached hydrogens (tertiary/aromatic N) is 1. The van der Waals surface area contributed by atoms with Crippen molar-refractivity contribution < 1.29 is 14.4 Å². The third kappa shape index (κ3) is 3.74. The molecule has 1 aliphatic rings. The van der Waals surface area contributed by atoms with Crippen molar-refractivity contribution in [2.45, 2.75) is 32.2 Å². The van der Waals surface area contributed by atoms with Gasteiger partial charge in [0.2, 0.25) is 0 Å². The lowest BCUT2D eigenvalue weighted by atomic mass is 9.92. The maximum atomic E-state index is 12.9. The SMILES string of the molecule is CCCc1ccc(C(=O)CN2C(=O)NC(C)(c3ccc(Cl)cc3)C2=O)cc1. The number of rotatable bonds is 6. The summed E-state index contributed by atoms with van der Waals surface area (Å²) in [6.45, 7) is 3.43. The first-order valence-electron chi connectivity index (χ1n) is 8.87. The van der Waals surface area contributed by atoms with Crippen LogP contribution in [0.5, 0.6) is 0 Å². The summed E-state index contributed by atoms with van der Waals surface area (Å²) in [7, 11) is 0. The van der Waals surface area contributed by atoms with Crippen LogP contribution in [0.3, 0.4) is 0 Å². The summed E-state index contributed by atoms with van der Waals surface area (Å²) in [5.74, 6) is -0.729. The number of hydrogen-bond acceptors (Lipinski definition) is 3. The molecule has 2 aromatic carbocycles. The molecule has 1 unspecified atom stereocenters. The summed E-state index contributed by atoms with van der Waals surface area (Å²) in [4.78, 5) is 38.8. The molecule has 5 nitrogen and oxygen atoms in total. The number of hydrogen-bond donors (Lipinski definition) is 1. The van der Waals surface area contributed by atoms with Gasteiger partial charge in [0.15, 0.2) is 5.78 Å². The quantitative estimate of drug-likeness (QED) is 0.606. The van der Waals surface area contributed by atoms with Gasteiger partial charge in [-0.2, -0.15) is 0 Å². The zero-order chi connectivity index (χ0) is 19.6. The first kappa shape index (κ1) is 19.1. The Morgan fingerprint density at radius 3 is 2.30 bits per heavy atom. The van der Waals surface area contributed by atoms with Gasteiger partial charge in [-0.1, -0.05) is 61.3 Å². The normalized spacial score (nSPS) is 19.3. The van der Waals surface area contributed by atoms with Gasteiger partial charge in [-0.3, -0.25) is 14.5 Å². The Kier molecular flexibility index (Phi) is 5.33. The molecule has 2 aromatic rings. The summed E-state index contributed by atoms with van der Waals surface area (Å²) in [6.07, 6.45) is 1.97. The zero-order valence-corrected chi connectivity index (χ0v) is 16.0. The molecular weight excluding hydrogens is 364 g/mol. The molecule has 0 bridgehead atoms. The zero-order valence-electron chi connectivity index (χ0n) is 15.3. The van der Waals surface area contributed by atoms with Gasteiger partial charge in [0.05, 0.1) is 6.54 Å². The number of Topliss-reactive ketones (excluding diaryl/α,β-unsaturated/α-hetero) is 1. The highest BCUT2D eigenvalue weighted by Gasteiger charge is 2.49. The Morgan fingerprint density at radius 2 is 1.70 bits per heavy atom. The van der Waals surface area contributed by atoms with Gasteiger partial charge in [-0.25, -0.2) is 4.79 Å². The molecular formula is C21H21ClN2O3. The fraction of sp³-hybridized carbons (Fsp3) is 0.286. The van der Waals surface area contributed by atoms with Crippen molar-refractivity contribution in [1.82, 2.24) is 10.2 Å². The first-order valence-corrected chi connectivity index (χ1v) is 9.25. The molecule has 0 spiro atoms. The molecule has 0 saturated carbocycles. The highest BCUT2D eigenvalue weighted by Crippen LogP contribution is 2.29. The Bertz CT molecular complexity index is 877. The number of carbonyl (C=O) groups is 3. The van der Waals surface area contributed by atoms with E-state index in [9.17, 15) is 14.4 Å². The highest BCUT2D eigenvalue weighted by atomic mass is 35.5. The topological polar surface area (TPSA) is 66.5 Å². The summed E-state index contributed by atoms with van der Waals surface area (Å²) >= 11 is 5.90. The molecule has 1 aliphatic heterocycles. The largest absolute Gasteiger partial charge is 0.325 e. The maximum Gasteiger partial charge on any atom is 0.325 e. The second kappa shape index (κ2) is 7.53. The van der Waals surface area contributed by atoms with Crippen molar-refractivity contribution in [3.63, 3.8) is 0 Å². The van der Waals surface area contributed by atoms with Crippen LogP contribution in [0.2, 0.25) is 5.02 Å². The molecule has 3 rings (SSSR count). The van der Waals surface area contributed by atoms with Crippen LogP contribution in [0.25, 0.3) is 0 Å². The van der Waals surface area contributed by atoms with Crippen LogP contribution >= 0.6 is 11.6 Å². The van der Waals surface area contributed by atoms with E-state index < -0.39 is 17.5 Å².